The van der Waals surface area contributed by atoms with Crippen LogP contribution in [0.3, 0.4) is 0 Å². The molecule has 0 bridgehead atoms. The normalized spacial score (nSPS) is 11.8. The number of hydrogen-bond acceptors (Lipinski definition) is 0. The van der Waals surface area contributed by atoms with E-state index in [9.17, 15) is 13.2 Å². The molecule has 0 atom stereocenters. The van der Waals surface area contributed by atoms with E-state index in [0.717, 1.165) is 6.07 Å². The van der Waals surface area contributed by atoms with Gasteiger partial charge in [0.2, 0.25) is 0 Å². The van der Waals surface area contributed by atoms with Gasteiger partial charge in [-0.05, 0) is 18.6 Å². The highest BCUT2D eigenvalue weighted by Crippen LogP contribution is 2.31. The van der Waals surface area contributed by atoms with Crippen LogP contribution in [-0.4, -0.2) is 0 Å². The quantitative estimate of drug-likeness (QED) is 0.613. The zero-order valence-electron chi connectivity index (χ0n) is 6.87. The summed E-state index contributed by atoms with van der Waals surface area (Å²) in [7, 11) is 0. The molecule has 0 aliphatic heterocycles. The largest absolute Gasteiger partial charge is 0.273 e. The van der Waals surface area contributed by atoms with Crippen molar-refractivity contribution < 1.29 is 13.2 Å². The average Bonchev–Trinajstić information content (AvgIpc) is 1.82. The number of aryl methyl sites for hydroxylation is 1. The maximum Gasteiger partial charge on any atom is 0.273 e. The van der Waals surface area contributed by atoms with Crippen LogP contribution in [-0.2, 0) is 5.92 Å². The highest BCUT2D eigenvalue weighted by molar-refractivity contribution is 5.30. The molecular formula is C9H9F3. The monoisotopic (exact) mass is 174 g/mol. The molecule has 0 amide bonds. The van der Waals surface area contributed by atoms with E-state index in [1.165, 1.54) is 19.1 Å². The Morgan fingerprint density at radius 2 is 1.83 bits per heavy atom. The summed E-state index contributed by atoms with van der Waals surface area (Å²) in [5, 5.41) is 0. The van der Waals surface area contributed by atoms with Gasteiger partial charge < -0.3 is 0 Å². The van der Waals surface area contributed by atoms with Gasteiger partial charge in [-0.15, -0.1) is 0 Å². The molecule has 1 rings (SSSR count). The van der Waals surface area contributed by atoms with Crippen molar-refractivity contribution >= 4 is 0 Å². The molecule has 1 aromatic rings. The van der Waals surface area contributed by atoms with Gasteiger partial charge in [-0.2, -0.15) is 0 Å². The molecule has 0 fully saturated rings. The summed E-state index contributed by atoms with van der Waals surface area (Å²) in [4.78, 5) is 0. The maximum absolute atomic E-state index is 12.9. The molecule has 0 heterocycles. The maximum atomic E-state index is 12.9. The van der Waals surface area contributed by atoms with Crippen molar-refractivity contribution in [1.82, 2.24) is 0 Å². The molecule has 1 aromatic carbocycles. The molecule has 66 valence electrons. The SMILES string of the molecule is Cc1cccc(F)c1C(C)(F)F. The standard InChI is InChI=1S/C9H9F3/c1-6-4-3-5-7(10)8(6)9(2,11)12/h3-5H,1-2H3. The molecule has 0 unspecified atom stereocenters. The Hall–Kier alpha value is -0.990. The first-order valence-corrected chi connectivity index (χ1v) is 3.56. The van der Waals surface area contributed by atoms with Crippen molar-refractivity contribution in [2.75, 3.05) is 0 Å². The van der Waals surface area contributed by atoms with Crippen LogP contribution in [0.1, 0.15) is 18.1 Å². The van der Waals surface area contributed by atoms with Crippen LogP contribution in [0.2, 0.25) is 0 Å². The molecule has 0 nitrogen and oxygen atoms in total. The predicted molar refractivity (Wildman–Crippen MR) is 40.7 cm³/mol. The molecule has 0 spiro atoms. The molecule has 12 heavy (non-hydrogen) atoms. The van der Waals surface area contributed by atoms with Crippen LogP contribution in [0.5, 0.6) is 0 Å². The van der Waals surface area contributed by atoms with E-state index >= 15 is 0 Å². The lowest BCUT2D eigenvalue weighted by molar-refractivity contribution is 0.0131. The van der Waals surface area contributed by atoms with Gasteiger partial charge in [0.15, 0.2) is 0 Å². The summed E-state index contributed by atoms with van der Waals surface area (Å²) in [5.74, 6) is -3.95. The minimum Gasteiger partial charge on any atom is -0.206 e. The van der Waals surface area contributed by atoms with Crippen LogP contribution in [0.4, 0.5) is 13.2 Å². The first-order chi connectivity index (χ1) is 5.43. The van der Waals surface area contributed by atoms with Gasteiger partial charge in [0.25, 0.3) is 5.92 Å². The van der Waals surface area contributed by atoms with Gasteiger partial charge >= 0.3 is 0 Å². The van der Waals surface area contributed by atoms with E-state index in [0.29, 0.717) is 6.92 Å². The Morgan fingerprint density at radius 1 is 1.25 bits per heavy atom. The first kappa shape index (κ1) is 9.10. The second kappa shape index (κ2) is 2.81. The zero-order chi connectivity index (χ0) is 9.35. The second-order valence-corrected chi connectivity index (χ2v) is 2.82. The summed E-state index contributed by atoms with van der Waals surface area (Å²) in [6.07, 6.45) is 0. The zero-order valence-corrected chi connectivity index (χ0v) is 6.87. The lowest BCUT2D eigenvalue weighted by Crippen LogP contribution is -2.11. The third-order valence-electron chi connectivity index (χ3n) is 1.66. The summed E-state index contributed by atoms with van der Waals surface area (Å²) in [6, 6.07) is 3.93. The fourth-order valence-electron chi connectivity index (χ4n) is 1.19. The van der Waals surface area contributed by atoms with Gasteiger partial charge in [-0.25, -0.2) is 13.2 Å². The molecule has 0 N–H and O–H groups in total. The summed E-state index contributed by atoms with van der Waals surface area (Å²) >= 11 is 0. The Bertz CT molecular complexity index is 266. The van der Waals surface area contributed by atoms with Crippen molar-refractivity contribution in [2.45, 2.75) is 19.8 Å². The number of hydrogen-bond donors (Lipinski definition) is 0. The van der Waals surface area contributed by atoms with Gasteiger partial charge in [0, 0.05) is 6.92 Å². The second-order valence-electron chi connectivity index (χ2n) is 2.82. The Labute approximate surface area is 69.0 Å². The van der Waals surface area contributed by atoms with E-state index in [1.54, 1.807) is 0 Å². The fourth-order valence-corrected chi connectivity index (χ4v) is 1.19. The van der Waals surface area contributed by atoms with Crippen molar-refractivity contribution in [3.05, 3.63) is 35.1 Å². The first-order valence-electron chi connectivity index (χ1n) is 3.56. The molecule has 0 aliphatic carbocycles. The fraction of sp³-hybridized carbons (Fsp3) is 0.333. The topological polar surface area (TPSA) is 0 Å². The molecule has 0 saturated carbocycles. The number of rotatable bonds is 1. The van der Waals surface area contributed by atoms with E-state index in [2.05, 4.69) is 0 Å². The van der Waals surface area contributed by atoms with E-state index in [-0.39, 0.29) is 5.56 Å². The third-order valence-corrected chi connectivity index (χ3v) is 1.66. The Morgan fingerprint density at radius 3 is 2.17 bits per heavy atom. The van der Waals surface area contributed by atoms with Crippen LogP contribution >= 0.6 is 0 Å². The van der Waals surface area contributed by atoms with Crippen LogP contribution in [0.25, 0.3) is 0 Å². The average molecular weight is 174 g/mol. The van der Waals surface area contributed by atoms with Crippen molar-refractivity contribution in [3.63, 3.8) is 0 Å². The molecule has 0 saturated heterocycles. The van der Waals surface area contributed by atoms with E-state index in [1.807, 2.05) is 0 Å². The Kier molecular flexibility index (Phi) is 2.13. The number of benzene rings is 1. The van der Waals surface area contributed by atoms with E-state index < -0.39 is 17.3 Å². The van der Waals surface area contributed by atoms with Crippen molar-refractivity contribution in [1.29, 1.82) is 0 Å². The lowest BCUT2D eigenvalue weighted by Gasteiger charge is -2.13. The number of alkyl halides is 2. The van der Waals surface area contributed by atoms with Crippen molar-refractivity contribution in [2.24, 2.45) is 0 Å². The van der Waals surface area contributed by atoms with Crippen LogP contribution in [0, 0.1) is 12.7 Å². The third kappa shape index (κ3) is 1.60. The molecule has 0 aliphatic rings. The van der Waals surface area contributed by atoms with Gasteiger partial charge in [-0.1, -0.05) is 12.1 Å². The van der Waals surface area contributed by atoms with E-state index in [4.69, 9.17) is 0 Å². The smallest absolute Gasteiger partial charge is 0.206 e. The van der Waals surface area contributed by atoms with Gasteiger partial charge in [0.1, 0.15) is 5.82 Å². The van der Waals surface area contributed by atoms with Gasteiger partial charge in [-0.3, -0.25) is 0 Å². The summed E-state index contributed by atoms with van der Waals surface area (Å²) < 4.78 is 38.3. The molecule has 0 aromatic heterocycles. The number of halogens is 3. The van der Waals surface area contributed by atoms with Crippen LogP contribution in [0.15, 0.2) is 18.2 Å². The molecule has 0 radical (unpaired) electrons. The minimum atomic E-state index is -3.10. The molecule has 3 heteroatoms. The highest BCUT2D eigenvalue weighted by atomic mass is 19.3. The lowest BCUT2D eigenvalue weighted by atomic mass is 10.0. The predicted octanol–water partition coefficient (Wildman–Crippen LogP) is 3.25. The van der Waals surface area contributed by atoms with Crippen LogP contribution < -0.4 is 0 Å². The highest BCUT2D eigenvalue weighted by Gasteiger charge is 2.29. The van der Waals surface area contributed by atoms with Crippen molar-refractivity contribution in [3.8, 4) is 0 Å². The Balaban J connectivity index is 3.31. The van der Waals surface area contributed by atoms with Gasteiger partial charge in [0.05, 0.1) is 5.56 Å². The summed E-state index contributed by atoms with van der Waals surface area (Å²) in [6.45, 7) is 2.16. The molecular weight excluding hydrogens is 165 g/mol. The summed E-state index contributed by atoms with van der Waals surface area (Å²) in [5.41, 5.74) is -0.229. The minimum absolute atomic E-state index is 0.280.